The lowest BCUT2D eigenvalue weighted by atomic mass is 10.1. The summed E-state index contributed by atoms with van der Waals surface area (Å²) in [5.74, 6) is 0.153. The van der Waals surface area contributed by atoms with E-state index in [-0.39, 0.29) is 23.4 Å². The number of nitrogens with one attached hydrogen (secondary N) is 1. The highest BCUT2D eigenvalue weighted by Gasteiger charge is 2.34. The lowest BCUT2D eigenvalue weighted by Crippen LogP contribution is -2.27. The van der Waals surface area contributed by atoms with Gasteiger partial charge in [-0.1, -0.05) is 49.7 Å². The fraction of sp³-hybridized carbons (Fsp3) is 0.259. The van der Waals surface area contributed by atoms with Gasteiger partial charge in [-0.2, -0.15) is 13.2 Å². The first kappa shape index (κ1) is 25.7. The Morgan fingerprint density at radius 1 is 1.00 bits per heavy atom. The van der Waals surface area contributed by atoms with Crippen molar-refractivity contribution in [2.45, 2.75) is 33.1 Å². The van der Waals surface area contributed by atoms with Gasteiger partial charge in [-0.25, -0.2) is 4.98 Å². The summed E-state index contributed by atoms with van der Waals surface area (Å²) in [5, 5.41) is 3.68. The molecule has 0 radical (unpaired) electrons. The van der Waals surface area contributed by atoms with Crippen LogP contribution < -0.4 is 10.9 Å². The van der Waals surface area contributed by atoms with Crippen LogP contribution in [0.2, 0.25) is 5.02 Å². The maximum atomic E-state index is 13.9. The maximum absolute atomic E-state index is 13.9. The van der Waals surface area contributed by atoms with Crippen molar-refractivity contribution in [1.29, 1.82) is 0 Å². The van der Waals surface area contributed by atoms with Crippen molar-refractivity contribution in [3.63, 3.8) is 0 Å². The number of alkyl halides is 3. The van der Waals surface area contributed by atoms with Crippen molar-refractivity contribution in [2.24, 2.45) is 0 Å². The minimum atomic E-state index is -4.65. The number of halogens is 4. The van der Waals surface area contributed by atoms with Crippen molar-refractivity contribution in [2.75, 3.05) is 18.4 Å². The molecule has 4 rings (SSSR count). The molecule has 0 atom stereocenters. The van der Waals surface area contributed by atoms with Crippen molar-refractivity contribution >= 4 is 28.2 Å². The van der Waals surface area contributed by atoms with E-state index >= 15 is 0 Å². The van der Waals surface area contributed by atoms with Crippen molar-refractivity contribution in [1.82, 2.24) is 14.5 Å². The zero-order valence-electron chi connectivity index (χ0n) is 19.9. The molecule has 0 aliphatic carbocycles. The molecule has 0 aliphatic rings. The molecule has 1 N–H and O–H groups in total. The topological polar surface area (TPSA) is 50.2 Å². The number of benzene rings is 3. The molecule has 188 valence electrons. The third kappa shape index (κ3) is 5.55. The molecule has 1 aromatic heterocycles. The smallest absolute Gasteiger partial charge is 0.378 e. The first-order valence-electron chi connectivity index (χ1n) is 11.6. The second kappa shape index (κ2) is 10.7. The average molecular weight is 515 g/mol. The van der Waals surface area contributed by atoms with Crippen LogP contribution in [0.1, 0.15) is 30.8 Å². The predicted octanol–water partition coefficient (Wildman–Crippen LogP) is 6.51. The Morgan fingerprint density at radius 3 is 2.47 bits per heavy atom. The largest absolute Gasteiger partial charge is 0.418 e. The molecule has 3 aromatic carbocycles. The van der Waals surface area contributed by atoms with Gasteiger partial charge in [0.1, 0.15) is 5.82 Å². The molecular formula is C27H26ClF3N4O. The van der Waals surface area contributed by atoms with Gasteiger partial charge in [-0.15, -0.1) is 0 Å². The van der Waals surface area contributed by atoms with Crippen LogP contribution in [-0.4, -0.2) is 27.5 Å². The van der Waals surface area contributed by atoms with Crippen LogP contribution in [0.25, 0.3) is 16.6 Å². The fourth-order valence-corrected chi connectivity index (χ4v) is 4.32. The molecule has 0 spiro atoms. The van der Waals surface area contributed by atoms with Crippen LogP contribution in [0.5, 0.6) is 0 Å². The Kier molecular flexibility index (Phi) is 7.66. The molecule has 0 amide bonds. The van der Waals surface area contributed by atoms with E-state index in [0.29, 0.717) is 10.5 Å². The van der Waals surface area contributed by atoms with E-state index in [1.165, 1.54) is 24.3 Å². The Bertz CT molecular complexity index is 1430. The monoisotopic (exact) mass is 514 g/mol. The second-order valence-corrected chi connectivity index (χ2v) is 8.80. The summed E-state index contributed by atoms with van der Waals surface area (Å²) < 4.78 is 42.6. The van der Waals surface area contributed by atoms with E-state index in [1.54, 1.807) is 12.1 Å². The summed E-state index contributed by atoms with van der Waals surface area (Å²) in [6, 6.07) is 17.4. The van der Waals surface area contributed by atoms with Crippen molar-refractivity contribution in [3.8, 4) is 5.69 Å². The highest BCUT2D eigenvalue weighted by Crippen LogP contribution is 2.34. The van der Waals surface area contributed by atoms with Gasteiger partial charge < -0.3 is 5.32 Å². The van der Waals surface area contributed by atoms with Crippen LogP contribution >= 0.6 is 11.6 Å². The molecule has 0 aliphatic heterocycles. The number of aromatic nitrogens is 2. The zero-order valence-corrected chi connectivity index (χ0v) is 20.7. The van der Waals surface area contributed by atoms with E-state index < -0.39 is 17.3 Å². The minimum absolute atomic E-state index is 0.0364. The van der Waals surface area contributed by atoms with Crippen LogP contribution in [0, 0.1) is 0 Å². The Labute approximate surface area is 212 Å². The van der Waals surface area contributed by atoms with E-state index in [0.717, 1.165) is 41.5 Å². The number of hydrogen-bond acceptors (Lipinski definition) is 4. The average Bonchev–Trinajstić information content (AvgIpc) is 2.86. The molecule has 0 bridgehead atoms. The number of fused-ring (bicyclic) bond motifs is 1. The summed E-state index contributed by atoms with van der Waals surface area (Å²) in [4.78, 5) is 20.3. The molecule has 0 unspecified atom stereocenters. The van der Waals surface area contributed by atoms with Crippen LogP contribution in [-0.2, 0) is 19.3 Å². The van der Waals surface area contributed by atoms with E-state index in [2.05, 4.69) is 29.0 Å². The Hall–Kier alpha value is -3.36. The molecule has 0 fully saturated rings. The zero-order chi connectivity index (χ0) is 25.9. The molecule has 36 heavy (non-hydrogen) atoms. The molecule has 0 saturated heterocycles. The lowest BCUT2D eigenvalue weighted by molar-refractivity contribution is -0.137. The third-order valence-electron chi connectivity index (χ3n) is 6.03. The predicted molar refractivity (Wildman–Crippen MR) is 138 cm³/mol. The molecule has 5 nitrogen and oxygen atoms in total. The van der Waals surface area contributed by atoms with Gasteiger partial charge in [0.05, 0.1) is 28.7 Å². The summed E-state index contributed by atoms with van der Waals surface area (Å²) in [5.41, 5.74) is 0.420. The van der Waals surface area contributed by atoms with Gasteiger partial charge in [-0.05, 0) is 61.1 Å². The number of hydrogen-bond donors (Lipinski definition) is 1. The van der Waals surface area contributed by atoms with E-state index in [1.807, 2.05) is 24.3 Å². The number of para-hydroxylation sites is 1. The highest BCUT2D eigenvalue weighted by atomic mass is 35.5. The maximum Gasteiger partial charge on any atom is 0.418 e. The van der Waals surface area contributed by atoms with Gasteiger partial charge in [0.2, 0.25) is 0 Å². The highest BCUT2D eigenvalue weighted by molar-refractivity contribution is 6.31. The normalized spacial score (nSPS) is 11.9. The fourth-order valence-electron chi connectivity index (χ4n) is 4.15. The van der Waals surface area contributed by atoms with Crippen LogP contribution in [0.3, 0.4) is 0 Å². The summed E-state index contributed by atoms with van der Waals surface area (Å²) >= 11 is 6.07. The SMILES string of the molecule is CCN(CC)Cc1cccc(NCc2nc3ccc(Cl)cc3c(=O)n2-c2ccccc2C(F)(F)F)c1. The number of anilines is 1. The summed E-state index contributed by atoms with van der Waals surface area (Å²) in [7, 11) is 0. The van der Waals surface area contributed by atoms with Crippen molar-refractivity contribution in [3.05, 3.63) is 99.1 Å². The van der Waals surface area contributed by atoms with Crippen LogP contribution in [0.4, 0.5) is 18.9 Å². The standard InChI is InChI=1S/C27H26ClF3N4O/c1-3-34(4-2)17-18-8-7-9-20(14-18)32-16-25-33-23-13-12-19(28)15-21(23)26(36)35(25)24-11-6-5-10-22(24)27(29,30)31/h5-15,32H,3-4,16-17H2,1-2H3. The lowest BCUT2D eigenvalue weighted by Gasteiger charge is -2.20. The summed E-state index contributed by atoms with van der Waals surface area (Å²) in [6.07, 6.45) is -4.65. The van der Waals surface area contributed by atoms with E-state index in [4.69, 9.17) is 11.6 Å². The molecule has 4 aromatic rings. The second-order valence-electron chi connectivity index (χ2n) is 8.36. The molecular weight excluding hydrogens is 489 g/mol. The number of nitrogens with zero attached hydrogens (tertiary/aromatic N) is 3. The van der Waals surface area contributed by atoms with Crippen LogP contribution in [0.15, 0.2) is 71.5 Å². The van der Waals surface area contributed by atoms with Gasteiger partial charge >= 0.3 is 6.18 Å². The third-order valence-corrected chi connectivity index (χ3v) is 6.26. The van der Waals surface area contributed by atoms with Crippen molar-refractivity contribution < 1.29 is 13.2 Å². The molecule has 0 saturated carbocycles. The first-order valence-corrected chi connectivity index (χ1v) is 12.0. The van der Waals surface area contributed by atoms with Gasteiger partial charge in [-0.3, -0.25) is 14.3 Å². The minimum Gasteiger partial charge on any atom is -0.378 e. The molecule has 1 heterocycles. The number of rotatable bonds is 8. The van der Waals surface area contributed by atoms with Gasteiger partial charge in [0.25, 0.3) is 5.56 Å². The Balaban J connectivity index is 1.79. The van der Waals surface area contributed by atoms with Gasteiger partial charge in [0, 0.05) is 17.3 Å². The quantitative estimate of drug-likeness (QED) is 0.291. The Morgan fingerprint density at radius 2 is 1.75 bits per heavy atom. The molecule has 9 heteroatoms. The first-order chi connectivity index (χ1) is 17.2. The van der Waals surface area contributed by atoms with Gasteiger partial charge in [0.15, 0.2) is 0 Å². The van der Waals surface area contributed by atoms with E-state index in [9.17, 15) is 18.0 Å². The summed E-state index contributed by atoms with van der Waals surface area (Å²) in [6.45, 7) is 6.86.